The number of aromatic nitrogens is 1. The van der Waals surface area contributed by atoms with Crippen LogP contribution in [0.3, 0.4) is 0 Å². The second-order valence-electron chi connectivity index (χ2n) is 6.16. The second-order valence-corrected chi connectivity index (χ2v) is 7.19. The van der Waals surface area contributed by atoms with Crippen molar-refractivity contribution >= 4 is 33.1 Å². The number of amides is 1. The van der Waals surface area contributed by atoms with Crippen LogP contribution >= 0.6 is 11.3 Å². The van der Waals surface area contributed by atoms with E-state index in [9.17, 15) is 9.90 Å². The van der Waals surface area contributed by atoms with Gasteiger partial charge >= 0.3 is 0 Å². The second kappa shape index (κ2) is 6.24. The Labute approximate surface area is 144 Å². The Morgan fingerprint density at radius 3 is 2.71 bits per heavy atom. The first kappa shape index (κ1) is 15.1. The number of thiophene rings is 1. The van der Waals surface area contributed by atoms with Crippen LogP contribution in [0, 0.1) is 0 Å². The molecule has 1 amide bonds. The number of carbonyl (C=O) groups is 1. The number of anilines is 1. The molecule has 0 saturated heterocycles. The monoisotopic (exact) mass is 338 g/mol. The van der Waals surface area contributed by atoms with Gasteiger partial charge in [-0.25, -0.2) is 4.98 Å². The minimum atomic E-state index is -0.140. The van der Waals surface area contributed by atoms with E-state index in [2.05, 4.69) is 11.4 Å². The molecule has 5 heteroatoms. The SMILES string of the molecule is O=C(Nc1ccc(O)cc1)c1cc2cc3c(nc2s1)CCCCC3. The highest BCUT2D eigenvalue weighted by Gasteiger charge is 2.15. The van der Waals surface area contributed by atoms with E-state index in [0.717, 1.165) is 23.1 Å². The van der Waals surface area contributed by atoms with E-state index in [1.807, 2.05) is 6.07 Å². The first-order valence-corrected chi connectivity index (χ1v) is 9.03. The summed E-state index contributed by atoms with van der Waals surface area (Å²) in [5.74, 6) is 0.0412. The van der Waals surface area contributed by atoms with Crippen molar-refractivity contribution in [3.05, 3.63) is 52.5 Å². The van der Waals surface area contributed by atoms with Crippen molar-refractivity contribution in [2.45, 2.75) is 32.1 Å². The average molecular weight is 338 g/mol. The summed E-state index contributed by atoms with van der Waals surface area (Å²) in [6.07, 6.45) is 5.81. The molecule has 1 aliphatic carbocycles. The molecule has 0 radical (unpaired) electrons. The van der Waals surface area contributed by atoms with Gasteiger partial charge in [0, 0.05) is 16.8 Å². The van der Waals surface area contributed by atoms with Crippen LogP contribution in [0.15, 0.2) is 36.4 Å². The van der Waals surface area contributed by atoms with E-state index in [1.54, 1.807) is 24.3 Å². The molecule has 0 atom stereocenters. The summed E-state index contributed by atoms with van der Waals surface area (Å²) >= 11 is 1.43. The van der Waals surface area contributed by atoms with Gasteiger partial charge in [-0.15, -0.1) is 11.3 Å². The summed E-state index contributed by atoms with van der Waals surface area (Å²) in [6.45, 7) is 0. The Morgan fingerprint density at radius 2 is 1.88 bits per heavy atom. The summed E-state index contributed by atoms with van der Waals surface area (Å²) in [7, 11) is 0. The van der Waals surface area contributed by atoms with Crippen molar-refractivity contribution in [3.63, 3.8) is 0 Å². The number of phenols is 1. The summed E-state index contributed by atoms with van der Waals surface area (Å²) < 4.78 is 0. The van der Waals surface area contributed by atoms with Gasteiger partial charge in [-0.05, 0) is 67.6 Å². The van der Waals surface area contributed by atoms with Crippen molar-refractivity contribution in [1.29, 1.82) is 0 Å². The highest BCUT2D eigenvalue weighted by atomic mass is 32.1. The molecule has 0 fully saturated rings. The lowest BCUT2D eigenvalue weighted by atomic mass is 10.1. The molecule has 122 valence electrons. The first-order chi connectivity index (χ1) is 11.7. The molecule has 2 N–H and O–H groups in total. The molecule has 1 aliphatic rings. The molecule has 0 bridgehead atoms. The zero-order valence-electron chi connectivity index (χ0n) is 13.2. The highest BCUT2D eigenvalue weighted by Crippen LogP contribution is 2.29. The minimum absolute atomic E-state index is 0.140. The Morgan fingerprint density at radius 1 is 1.08 bits per heavy atom. The van der Waals surface area contributed by atoms with E-state index in [0.29, 0.717) is 10.6 Å². The van der Waals surface area contributed by atoms with Crippen LogP contribution < -0.4 is 5.32 Å². The number of rotatable bonds is 2. The van der Waals surface area contributed by atoms with Crippen LogP contribution in [0.5, 0.6) is 5.75 Å². The minimum Gasteiger partial charge on any atom is -0.508 e. The molecular weight excluding hydrogens is 320 g/mol. The summed E-state index contributed by atoms with van der Waals surface area (Å²) in [4.78, 5) is 18.9. The molecule has 1 aromatic carbocycles. The number of aryl methyl sites for hydroxylation is 2. The standard InChI is InChI=1S/C19H18N2O2S/c22-15-8-6-14(7-9-15)20-18(23)17-11-13-10-12-4-2-1-3-5-16(12)21-19(13)24-17/h6-11,22H,1-5H2,(H,20,23). The Kier molecular flexibility index (Phi) is 3.94. The molecule has 24 heavy (non-hydrogen) atoms. The summed E-state index contributed by atoms with van der Waals surface area (Å²) in [6, 6.07) is 10.6. The maximum atomic E-state index is 12.5. The predicted octanol–water partition coefficient (Wildman–Crippen LogP) is 4.52. The van der Waals surface area contributed by atoms with Crippen LogP contribution in [0.2, 0.25) is 0 Å². The zero-order chi connectivity index (χ0) is 16.5. The first-order valence-electron chi connectivity index (χ1n) is 8.22. The molecule has 0 saturated carbocycles. The number of hydrogen-bond acceptors (Lipinski definition) is 4. The van der Waals surface area contributed by atoms with Gasteiger partial charge in [0.2, 0.25) is 0 Å². The third-order valence-electron chi connectivity index (χ3n) is 4.39. The molecule has 2 aromatic heterocycles. The fraction of sp³-hybridized carbons (Fsp3) is 0.263. The third kappa shape index (κ3) is 2.99. The fourth-order valence-corrected chi connectivity index (χ4v) is 4.05. The van der Waals surface area contributed by atoms with Gasteiger partial charge in [0.05, 0.1) is 4.88 Å². The van der Waals surface area contributed by atoms with E-state index in [-0.39, 0.29) is 11.7 Å². The summed E-state index contributed by atoms with van der Waals surface area (Å²) in [5.41, 5.74) is 3.20. The number of fused-ring (bicyclic) bond motifs is 2. The van der Waals surface area contributed by atoms with Crippen molar-refractivity contribution < 1.29 is 9.90 Å². The number of pyridine rings is 1. The number of phenolic OH excluding ortho intramolecular Hbond substituents is 1. The number of carbonyl (C=O) groups excluding carboxylic acids is 1. The van der Waals surface area contributed by atoms with E-state index >= 15 is 0 Å². The van der Waals surface area contributed by atoms with E-state index in [1.165, 1.54) is 41.9 Å². The number of nitrogens with zero attached hydrogens (tertiary/aromatic N) is 1. The zero-order valence-corrected chi connectivity index (χ0v) is 14.0. The number of benzene rings is 1. The Hall–Kier alpha value is -2.40. The lowest BCUT2D eigenvalue weighted by Crippen LogP contribution is -2.09. The van der Waals surface area contributed by atoms with Crippen LogP contribution in [0.1, 0.15) is 40.2 Å². The molecule has 3 aromatic rings. The topological polar surface area (TPSA) is 62.2 Å². The predicted molar refractivity (Wildman–Crippen MR) is 96.9 cm³/mol. The summed E-state index contributed by atoms with van der Waals surface area (Å²) in [5, 5.41) is 13.2. The van der Waals surface area contributed by atoms with E-state index < -0.39 is 0 Å². The van der Waals surface area contributed by atoms with Crippen LogP contribution in [0.4, 0.5) is 5.69 Å². The van der Waals surface area contributed by atoms with Gasteiger partial charge in [-0.1, -0.05) is 6.42 Å². The lowest BCUT2D eigenvalue weighted by Gasteiger charge is -2.03. The fourth-order valence-electron chi connectivity index (χ4n) is 3.12. The van der Waals surface area contributed by atoms with Crippen molar-refractivity contribution in [3.8, 4) is 5.75 Å². The largest absolute Gasteiger partial charge is 0.508 e. The third-order valence-corrected chi connectivity index (χ3v) is 5.43. The molecule has 0 aliphatic heterocycles. The molecule has 4 rings (SSSR count). The van der Waals surface area contributed by atoms with Crippen LogP contribution in [-0.4, -0.2) is 16.0 Å². The van der Waals surface area contributed by atoms with Gasteiger partial charge in [0.25, 0.3) is 5.91 Å². The molecule has 0 spiro atoms. The average Bonchev–Trinajstić information content (AvgIpc) is 2.85. The Balaban J connectivity index is 1.62. The smallest absolute Gasteiger partial charge is 0.265 e. The molecular formula is C19H18N2O2S. The van der Waals surface area contributed by atoms with E-state index in [4.69, 9.17) is 4.98 Å². The Bertz CT molecular complexity index is 857. The van der Waals surface area contributed by atoms with Gasteiger partial charge in [-0.3, -0.25) is 4.79 Å². The number of aromatic hydroxyl groups is 1. The number of hydrogen-bond donors (Lipinski definition) is 2. The van der Waals surface area contributed by atoms with Gasteiger partial charge in [-0.2, -0.15) is 0 Å². The van der Waals surface area contributed by atoms with Crippen molar-refractivity contribution in [2.75, 3.05) is 5.32 Å². The highest BCUT2D eigenvalue weighted by molar-refractivity contribution is 7.20. The van der Waals surface area contributed by atoms with Crippen LogP contribution in [0.25, 0.3) is 10.2 Å². The van der Waals surface area contributed by atoms with Gasteiger partial charge < -0.3 is 10.4 Å². The maximum Gasteiger partial charge on any atom is 0.265 e. The van der Waals surface area contributed by atoms with Crippen molar-refractivity contribution in [2.24, 2.45) is 0 Å². The quantitative estimate of drug-likeness (QED) is 0.533. The molecule has 4 nitrogen and oxygen atoms in total. The van der Waals surface area contributed by atoms with Crippen LogP contribution in [-0.2, 0) is 12.8 Å². The van der Waals surface area contributed by atoms with Crippen molar-refractivity contribution in [1.82, 2.24) is 4.98 Å². The molecule has 2 heterocycles. The lowest BCUT2D eigenvalue weighted by molar-refractivity contribution is 0.103. The normalized spacial score (nSPS) is 14.2. The number of nitrogens with one attached hydrogen (secondary N) is 1. The maximum absolute atomic E-state index is 12.5. The molecule has 0 unspecified atom stereocenters. The van der Waals surface area contributed by atoms with Gasteiger partial charge in [0.1, 0.15) is 10.6 Å². The van der Waals surface area contributed by atoms with Gasteiger partial charge in [0.15, 0.2) is 0 Å².